The molecule has 13 heteroatoms. The number of aromatic nitrogens is 2. The van der Waals surface area contributed by atoms with E-state index in [0.29, 0.717) is 4.57 Å². The van der Waals surface area contributed by atoms with Crippen molar-refractivity contribution in [1.82, 2.24) is 9.55 Å². The zero-order chi connectivity index (χ0) is 16.9. The summed E-state index contributed by atoms with van der Waals surface area (Å²) in [4.78, 5) is 32.6. The number of nitrogens with two attached hydrogens (primary N) is 1. The highest BCUT2D eigenvalue weighted by atomic mass is 79.9. The molecule has 0 unspecified atom stereocenters. The molecule has 5 N–H and O–H groups in total. The summed E-state index contributed by atoms with van der Waals surface area (Å²) in [7, 11) is -4.71. The number of hydrogen-bond donors (Lipinski definition) is 4. The van der Waals surface area contributed by atoms with Gasteiger partial charge < -0.3 is 25.4 Å². The third kappa shape index (κ3) is 3.21. The lowest BCUT2D eigenvalue weighted by molar-refractivity contribution is -0.140. The Balaban J connectivity index is 2.42. The van der Waals surface area contributed by atoms with Crippen LogP contribution in [0.25, 0.3) is 0 Å². The number of hydrogen-bond acceptors (Lipinski definition) is 6. The molecule has 1 saturated heterocycles. The highest BCUT2D eigenvalue weighted by Gasteiger charge is 2.60. The lowest BCUT2D eigenvalue weighted by Crippen LogP contribution is -2.41. The number of aliphatic hydroxyl groups is 1. The number of anilines is 1. The van der Waals surface area contributed by atoms with E-state index in [4.69, 9.17) is 20.3 Å². The van der Waals surface area contributed by atoms with E-state index in [9.17, 15) is 23.2 Å². The van der Waals surface area contributed by atoms with Crippen LogP contribution in [0, 0.1) is 0 Å². The van der Waals surface area contributed by atoms with Crippen LogP contribution in [0.1, 0.15) is 6.23 Å². The van der Waals surface area contributed by atoms with Gasteiger partial charge in [0.05, 0.1) is 10.6 Å². The van der Waals surface area contributed by atoms with Gasteiger partial charge >= 0.3 is 19.2 Å². The van der Waals surface area contributed by atoms with E-state index in [1.807, 2.05) is 0 Å². The summed E-state index contributed by atoms with van der Waals surface area (Å²) in [5.74, 6) is -4.18. The van der Waals surface area contributed by atoms with Gasteiger partial charge in [-0.15, -0.1) is 0 Å². The molecule has 1 aliphatic heterocycles. The van der Waals surface area contributed by atoms with Crippen LogP contribution in [0.3, 0.4) is 0 Å². The normalized spacial score (nSPS) is 28.0. The molecule has 0 spiro atoms. The summed E-state index contributed by atoms with van der Waals surface area (Å²) in [6, 6.07) is 0. The van der Waals surface area contributed by atoms with Crippen LogP contribution >= 0.6 is 23.5 Å². The topological polar surface area (TPSA) is 148 Å². The van der Waals surface area contributed by atoms with Crippen molar-refractivity contribution < 1.29 is 33.0 Å². The first kappa shape index (κ1) is 17.4. The fraction of sp³-hybridized carbons (Fsp3) is 0.556. The second-order valence-electron chi connectivity index (χ2n) is 4.66. The lowest BCUT2D eigenvalue weighted by atomic mass is 10.1. The summed E-state index contributed by atoms with van der Waals surface area (Å²) in [5.41, 5.74) is 4.18. The van der Waals surface area contributed by atoms with Gasteiger partial charge in [-0.2, -0.15) is 13.8 Å². The summed E-state index contributed by atoms with van der Waals surface area (Å²) in [6.45, 7) is 0. The van der Waals surface area contributed by atoms with Crippen LogP contribution in [0.2, 0.25) is 0 Å². The minimum Gasteiger partial charge on any atom is -0.384 e. The number of nitrogens with zero attached hydrogens (tertiary/aromatic N) is 2. The summed E-state index contributed by atoms with van der Waals surface area (Å²) < 4.78 is 44.3. The molecule has 1 aliphatic rings. The maximum atomic E-state index is 14.1. The monoisotopic (exact) mass is 405 g/mol. The van der Waals surface area contributed by atoms with Crippen molar-refractivity contribution in [1.29, 1.82) is 0 Å². The van der Waals surface area contributed by atoms with E-state index in [1.54, 1.807) is 0 Å². The van der Waals surface area contributed by atoms with Crippen LogP contribution in [0.5, 0.6) is 0 Å². The number of alkyl halides is 2. The van der Waals surface area contributed by atoms with Crippen LogP contribution in [0.15, 0.2) is 15.5 Å². The maximum Gasteiger partial charge on any atom is 0.351 e. The highest BCUT2D eigenvalue weighted by Crippen LogP contribution is 2.47. The predicted molar refractivity (Wildman–Crippen MR) is 72.4 cm³/mol. The number of aliphatic hydroxyl groups excluding tert-OH is 1. The smallest absolute Gasteiger partial charge is 0.351 e. The van der Waals surface area contributed by atoms with Gasteiger partial charge in [-0.1, -0.05) is 0 Å². The molecule has 3 atom stereocenters. The molecule has 124 valence electrons. The summed E-state index contributed by atoms with van der Waals surface area (Å²) in [6.07, 6.45) is -6.82. The van der Waals surface area contributed by atoms with E-state index in [1.165, 1.54) is 0 Å². The Labute approximate surface area is 130 Å². The van der Waals surface area contributed by atoms with Crippen molar-refractivity contribution in [2.45, 2.75) is 24.4 Å². The Morgan fingerprint density at radius 2 is 2.14 bits per heavy atom. The van der Waals surface area contributed by atoms with E-state index < -0.39 is 43.8 Å². The van der Waals surface area contributed by atoms with Gasteiger partial charge in [0.15, 0.2) is 0 Å². The van der Waals surface area contributed by atoms with Crippen molar-refractivity contribution in [3.8, 4) is 0 Å². The summed E-state index contributed by atoms with van der Waals surface area (Å²) >= 11 is 2.91. The second-order valence-corrected chi connectivity index (χ2v) is 7.21. The van der Waals surface area contributed by atoms with Crippen LogP contribution in [-0.4, -0.2) is 48.7 Å². The zero-order valence-electron chi connectivity index (χ0n) is 10.6. The Hall–Kier alpha value is -0.910. The second kappa shape index (κ2) is 5.62. The number of ether oxygens (including phenoxy) is 1. The van der Waals surface area contributed by atoms with Gasteiger partial charge in [0.25, 0.3) is 0 Å². The predicted octanol–water partition coefficient (Wildman–Crippen LogP) is -0.341. The number of halogens is 3. The first-order valence-corrected chi connectivity index (χ1v) is 8.32. The molecule has 1 aromatic rings. The molecule has 1 aromatic heterocycles. The quantitative estimate of drug-likeness (QED) is 0.499. The SMILES string of the molecule is Nc1nc(=O)n([C@@H]2O[C@H](CP(=O)(O)O)[C@@H](O)C2(F)F)cc1Br. The van der Waals surface area contributed by atoms with Crippen molar-refractivity contribution >= 4 is 29.3 Å². The van der Waals surface area contributed by atoms with Gasteiger partial charge in [-0.05, 0) is 15.9 Å². The highest BCUT2D eigenvalue weighted by molar-refractivity contribution is 9.10. The molecule has 0 aliphatic carbocycles. The fourth-order valence-electron chi connectivity index (χ4n) is 1.98. The van der Waals surface area contributed by atoms with Crippen molar-refractivity contribution in [2.24, 2.45) is 0 Å². The molecule has 0 radical (unpaired) electrons. The molecule has 2 rings (SSSR count). The fourth-order valence-corrected chi connectivity index (χ4v) is 3.04. The Kier molecular flexibility index (Phi) is 4.46. The molecule has 22 heavy (non-hydrogen) atoms. The molecular formula is C9H11BrF2N3O6P. The number of nitrogen functional groups attached to an aromatic ring is 1. The molecule has 2 heterocycles. The molecule has 9 nitrogen and oxygen atoms in total. The van der Waals surface area contributed by atoms with Gasteiger partial charge in [0, 0.05) is 6.20 Å². The van der Waals surface area contributed by atoms with E-state index in [-0.39, 0.29) is 10.3 Å². The van der Waals surface area contributed by atoms with E-state index in [2.05, 4.69) is 20.9 Å². The molecule has 1 fully saturated rings. The molecule has 0 bridgehead atoms. The van der Waals surface area contributed by atoms with E-state index >= 15 is 0 Å². The first-order valence-electron chi connectivity index (χ1n) is 5.73. The average molecular weight is 406 g/mol. The van der Waals surface area contributed by atoms with Crippen LogP contribution in [0.4, 0.5) is 14.6 Å². The third-order valence-corrected chi connectivity index (χ3v) is 4.43. The Bertz CT molecular complexity index is 694. The minimum absolute atomic E-state index is 0.0411. The molecule has 0 amide bonds. The van der Waals surface area contributed by atoms with Gasteiger partial charge in [0.2, 0.25) is 6.23 Å². The average Bonchev–Trinajstić information content (AvgIpc) is 2.56. The van der Waals surface area contributed by atoms with Crippen molar-refractivity contribution in [3.63, 3.8) is 0 Å². The lowest BCUT2D eigenvalue weighted by Gasteiger charge is -2.21. The Morgan fingerprint density at radius 3 is 2.68 bits per heavy atom. The van der Waals surface area contributed by atoms with Gasteiger partial charge in [0.1, 0.15) is 18.0 Å². The van der Waals surface area contributed by atoms with Crippen LogP contribution < -0.4 is 11.4 Å². The van der Waals surface area contributed by atoms with Gasteiger partial charge in [-0.3, -0.25) is 9.13 Å². The Morgan fingerprint density at radius 1 is 1.55 bits per heavy atom. The molecular weight excluding hydrogens is 395 g/mol. The van der Waals surface area contributed by atoms with Crippen molar-refractivity contribution in [2.75, 3.05) is 11.9 Å². The van der Waals surface area contributed by atoms with Crippen molar-refractivity contribution in [3.05, 3.63) is 21.2 Å². The standard InChI is InChI=1S/C9H11BrF2N3O6P/c10-3-1-15(8(17)14-6(3)13)7-9(11,12)5(16)4(21-7)2-22(18,19)20/h1,4-5,7,16H,2H2,(H2,13,14,17)(H2,18,19,20)/t4-,5-,7-/m1/s1. The zero-order valence-corrected chi connectivity index (χ0v) is 13.1. The van der Waals surface area contributed by atoms with Crippen LogP contribution in [-0.2, 0) is 9.30 Å². The summed E-state index contributed by atoms with van der Waals surface area (Å²) in [5, 5.41) is 9.54. The minimum atomic E-state index is -4.71. The maximum absolute atomic E-state index is 14.1. The first-order chi connectivity index (χ1) is 9.93. The largest absolute Gasteiger partial charge is 0.384 e. The van der Waals surface area contributed by atoms with E-state index in [0.717, 1.165) is 6.20 Å². The molecule has 0 aromatic carbocycles. The third-order valence-electron chi connectivity index (χ3n) is 2.98. The van der Waals surface area contributed by atoms with Gasteiger partial charge in [-0.25, -0.2) is 4.79 Å². The molecule has 0 saturated carbocycles. The number of rotatable bonds is 3.